The number of carboxylic acids is 1. The SMILES string of the molecule is C=C(CC(=O)N(CC)CC)C(=O)O.C=C1CC(=O)OC1=O.CCNCC. The molecule has 1 amide bonds. The summed E-state index contributed by atoms with van der Waals surface area (Å²) >= 11 is 0. The Labute approximate surface area is 154 Å². The van der Waals surface area contributed by atoms with Crippen molar-refractivity contribution in [1.82, 2.24) is 10.2 Å². The molecule has 0 bridgehead atoms. The van der Waals surface area contributed by atoms with Crippen LogP contribution in [-0.4, -0.2) is 60.0 Å². The summed E-state index contributed by atoms with van der Waals surface area (Å²) < 4.78 is 4.10. The number of hydrogen-bond donors (Lipinski definition) is 2. The fourth-order valence-electron chi connectivity index (χ4n) is 1.65. The number of nitrogens with one attached hydrogen (secondary N) is 1. The summed E-state index contributed by atoms with van der Waals surface area (Å²) in [6.07, 6.45) is -0.0458. The minimum absolute atomic E-state index is 0.0544. The Bertz CT molecular complexity index is 504. The van der Waals surface area contributed by atoms with Gasteiger partial charge in [-0.2, -0.15) is 0 Å². The van der Waals surface area contributed by atoms with Gasteiger partial charge in [0.25, 0.3) is 0 Å². The van der Waals surface area contributed by atoms with Gasteiger partial charge in [0.05, 0.1) is 12.8 Å². The molecule has 1 rings (SSSR count). The molecule has 148 valence electrons. The van der Waals surface area contributed by atoms with Crippen LogP contribution in [0.1, 0.15) is 40.5 Å². The highest BCUT2D eigenvalue weighted by Crippen LogP contribution is 2.10. The van der Waals surface area contributed by atoms with Crippen LogP contribution in [0.3, 0.4) is 0 Å². The van der Waals surface area contributed by atoms with E-state index in [0.29, 0.717) is 13.1 Å². The molecule has 1 aliphatic rings. The van der Waals surface area contributed by atoms with Crippen LogP contribution in [0.25, 0.3) is 0 Å². The summed E-state index contributed by atoms with van der Waals surface area (Å²) in [6, 6.07) is 0. The van der Waals surface area contributed by atoms with E-state index in [4.69, 9.17) is 5.11 Å². The van der Waals surface area contributed by atoms with E-state index in [1.165, 1.54) is 0 Å². The summed E-state index contributed by atoms with van der Waals surface area (Å²) in [5, 5.41) is 11.6. The first-order chi connectivity index (χ1) is 12.1. The van der Waals surface area contributed by atoms with Gasteiger partial charge in [0.2, 0.25) is 5.91 Å². The van der Waals surface area contributed by atoms with Gasteiger partial charge < -0.3 is 20.1 Å². The van der Waals surface area contributed by atoms with Crippen LogP contribution in [0.5, 0.6) is 0 Å². The zero-order valence-electron chi connectivity index (χ0n) is 16.1. The first-order valence-corrected chi connectivity index (χ1v) is 8.46. The van der Waals surface area contributed by atoms with Crippen molar-refractivity contribution in [1.29, 1.82) is 0 Å². The van der Waals surface area contributed by atoms with Gasteiger partial charge >= 0.3 is 17.9 Å². The molecule has 26 heavy (non-hydrogen) atoms. The summed E-state index contributed by atoms with van der Waals surface area (Å²) in [5.41, 5.74) is 0.187. The molecule has 8 heteroatoms. The molecule has 0 aromatic carbocycles. The molecule has 0 radical (unpaired) electrons. The van der Waals surface area contributed by atoms with Gasteiger partial charge in [-0.25, -0.2) is 9.59 Å². The lowest BCUT2D eigenvalue weighted by Crippen LogP contribution is -2.31. The summed E-state index contributed by atoms with van der Waals surface area (Å²) in [4.78, 5) is 43.7. The third-order valence-electron chi connectivity index (χ3n) is 3.14. The van der Waals surface area contributed by atoms with Gasteiger partial charge in [0, 0.05) is 24.2 Å². The van der Waals surface area contributed by atoms with Gasteiger partial charge in [0.1, 0.15) is 0 Å². The van der Waals surface area contributed by atoms with Crippen LogP contribution in [0.4, 0.5) is 0 Å². The molecule has 0 atom stereocenters. The minimum Gasteiger partial charge on any atom is -0.478 e. The van der Waals surface area contributed by atoms with E-state index < -0.39 is 17.9 Å². The van der Waals surface area contributed by atoms with Gasteiger partial charge in [0.15, 0.2) is 0 Å². The van der Waals surface area contributed by atoms with Gasteiger partial charge in [-0.3, -0.25) is 9.59 Å². The van der Waals surface area contributed by atoms with Gasteiger partial charge in [-0.05, 0) is 26.9 Å². The summed E-state index contributed by atoms with van der Waals surface area (Å²) in [7, 11) is 0. The number of aliphatic carboxylic acids is 1. The van der Waals surface area contributed by atoms with Crippen LogP contribution >= 0.6 is 0 Å². The van der Waals surface area contributed by atoms with Gasteiger partial charge in [-0.15, -0.1) is 0 Å². The number of esters is 2. The molecule has 0 aromatic heterocycles. The van der Waals surface area contributed by atoms with E-state index in [2.05, 4.69) is 37.1 Å². The average molecular weight is 370 g/mol. The van der Waals surface area contributed by atoms with E-state index in [9.17, 15) is 19.2 Å². The van der Waals surface area contributed by atoms with Gasteiger partial charge in [-0.1, -0.05) is 27.0 Å². The maximum atomic E-state index is 11.3. The highest BCUT2D eigenvalue weighted by Gasteiger charge is 2.24. The van der Waals surface area contributed by atoms with Crippen molar-refractivity contribution in [3.8, 4) is 0 Å². The third kappa shape index (κ3) is 12.0. The molecule has 1 heterocycles. The molecule has 2 N–H and O–H groups in total. The van der Waals surface area contributed by atoms with Crippen molar-refractivity contribution in [2.24, 2.45) is 0 Å². The highest BCUT2D eigenvalue weighted by atomic mass is 16.6. The molecule has 0 aromatic rings. The second-order valence-electron chi connectivity index (χ2n) is 5.15. The van der Waals surface area contributed by atoms with Crippen LogP contribution < -0.4 is 5.32 Å². The third-order valence-corrected chi connectivity index (χ3v) is 3.14. The monoisotopic (exact) mass is 370 g/mol. The number of amides is 1. The minimum atomic E-state index is -1.11. The molecular formula is C18H30N2O6. The predicted octanol–water partition coefficient (Wildman–Crippen LogP) is 1.52. The normalized spacial score (nSPS) is 12.2. The van der Waals surface area contributed by atoms with Crippen molar-refractivity contribution >= 4 is 23.8 Å². The second-order valence-corrected chi connectivity index (χ2v) is 5.15. The van der Waals surface area contributed by atoms with Crippen molar-refractivity contribution in [3.05, 3.63) is 24.3 Å². The van der Waals surface area contributed by atoms with E-state index in [-0.39, 0.29) is 29.9 Å². The summed E-state index contributed by atoms with van der Waals surface area (Å²) in [6.45, 7) is 17.9. The maximum Gasteiger partial charge on any atom is 0.341 e. The van der Waals surface area contributed by atoms with Crippen molar-refractivity contribution in [2.75, 3.05) is 26.2 Å². The standard InChI is InChI=1S/C9H15NO3.C5H4O3.C4H11N/c1-4-10(5-2)8(11)6-7(3)9(12)13;1-3-2-4(6)8-5(3)7;1-3-5-4-2/h3-6H2,1-2H3,(H,12,13);1-2H2;5H,3-4H2,1-2H3. The molecule has 0 saturated carbocycles. The zero-order chi connectivity index (χ0) is 20.7. The van der Waals surface area contributed by atoms with Crippen molar-refractivity contribution in [2.45, 2.75) is 40.5 Å². The Morgan fingerprint density at radius 2 is 1.65 bits per heavy atom. The smallest absolute Gasteiger partial charge is 0.341 e. The first-order valence-electron chi connectivity index (χ1n) is 8.46. The lowest BCUT2D eigenvalue weighted by Gasteiger charge is -2.18. The molecule has 1 aliphatic heterocycles. The van der Waals surface area contributed by atoms with E-state index in [1.54, 1.807) is 4.90 Å². The Kier molecular flexibility index (Phi) is 14.7. The summed E-state index contributed by atoms with van der Waals surface area (Å²) in [5.74, 6) is -2.38. The lowest BCUT2D eigenvalue weighted by atomic mass is 10.2. The molecule has 0 unspecified atom stereocenters. The Morgan fingerprint density at radius 3 is 1.85 bits per heavy atom. The second kappa shape index (κ2) is 14.8. The Morgan fingerprint density at radius 1 is 1.15 bits per heavy atom. The van der Waals surface area contributed by atoms with E-state index >= 15 is 0 Å². The lowest BCUT2D eigenvalue weighted by molar-refractivity contribution is -0.151. The fraction of sp³-hybridized carbons (Fsp3) is 0.556. The number of carbonyl (C=O) groups is 4. The molecule has 8 nitrogen and oxygen atoms in total. The number of hydrogen-bond acceptors (Lipinski definition) is 6. The Balaban J connectivity index is 0. The number of carbonyl (C=O) groups excluding carboxylic acids is 3. The van der Waals surface area contributed by atoms with Crippen LogP contribution in [0.2, 0.25) is 0 Å². The van der Waals surface area contributed by atoms with Crippen molar-refractivity contribution in [3.63, 3.8) is 0 Å². The first kappa shape index (κ1) is 25.8. The highest BCUT2D eigenvalue weighted by molar-refractivity contribution is 6.05. The molecule has 0 spiro atoms. The molecular weight excluding hydrogens is 340 g/mol. The average Bonchev–Trinajstić information content (AvgIpc) is 2.86. The topological polar surface area (TPSA) is 113 Å². The number of rotatable bonds is 7. The largest absolute Gasteiger partial charge is 0.478 e. The van der Waals surface area contributed by atoms with Crippen LogP contribution in [-0.2, 0) is 23.9 Å². The quantitative estimate of drug-likeness (QED) is 0.397. The molecule has 1 fully saturated rings. The van der Waals surface area contributed by atoms with Crippen LogP contribution in [0, 0.1) is 0 Å². The predicted molar refractivity (Wildman–Crippen MR) is 98.4 cm³/mol. The molecule has 1 saturated heterocycles. The van der Waals surface area contributed by atoms with E-state index in [0.717, 1.165) is 13.1 Å². The number of cyclic esters (lactones) is 2. The van der Waals surface area contributed by atoms with Crippen molar-refractivity contribution < 1.29 is 29.0 Å². The number of ether oxygens (including phenoxy) is 1. The van der Waals surface area contributed by atoms with E-state index in [1.807, 2.05) is 13.8 Å². The molecule has 0 aliphatic carbocycles. The number of nitrogens with zero attached hydrogens (tertiary/aromatic N) is 1. The number of carboxylic acid groups (broad SMARTS) is 1. The van der Waals surface area contributed by atoms with Crippen LogP contribution in [0.15, 0.2) is 24.3 Å². The Hall–Kier alpha value is -2.48. The fourth-order valence-corrected chi connectivity index (χ4v) is 1.65. The zero-order valence-corrected chi connectivity index (χ0v) is 16.1. The maximum absolute atomic E-state index is 11.3.